The van der Waals surface area contributed by atoms with Crippen molar-refractivity contribution in [3.63, 3.8) is 0 Å². The lowest BCUT2D eigenvalue weighted by Gasteiger charge is -2.14. The predicted molar refractivity (Wildman–Crippen MR) is 78.5 cm³/mol. The van der Waals surface area contributed by atoms with Crippen LogP contribution in [0.15, 0.2) is 42.0 Å². The number of rotatable bonds is 4. The van der Waals surface area contributed by atoms with Crippen molar-refractivity contribution in [3.05, 3.63) is 47.7 Å². The Morgan fingerprint density at radius 1 is 1.21 bits per heavy atom. The summed E-state index contributed by atoms with van der Waals surface area (Å²) in [6, 6.07) is 10.2. The number of carbonyl (C=O) groups excluding carboxylic acids is 1. The molecule has 1 aromatic carbocycles. The van der Waals surface area contributed by atoms with E-state index in [0.29, 0.717) is 0 Å². The van der Waals surface area contributed by atoms with Gasteiger partial charge in [-0.1, -0.05) is 29.8 Å². The molecule has 0 saturated carbocycles. The van der Waals surface area contributed by atoms with E-state index in [2.05, 4.69) is 22.8 Å². The highest BCUT2D eigenvalue weighted by molar-refractivity contribution is 5.88. The van der Waals surface area contributed by atoms with Crippen molar-refractivity contribution in [2.75, 3.05) is 0 Å². The molecule has 98 valence electrons. The highest BCUT2D eigenvalue weighted by Crippen LogP contribution is 2.23. The molecule has 2 nitrogen and oxygen atoms in total. The number of nitrogens with zero attached hydrogens (tertiary/aromatic N) is 1. The second-order valence-corrected chi connectivity index (χ2v) is 5.26. The number of fused-ring (bicyclic) bond motifs is 1. The summed E-state index contributed by atoms with van der Waals surface area (Å²) in [5.74, 6) is 0. The van der Waals surface area contributed by atoms with Gasteiger partial charge >= 0.3 is 0 Å². The van der Waals surface area contributed by atoms with E-state index < -0.39 is 0 Å². The Hall–Kier alpha value is -1.83. The van der Waals surface area contributed by atoms with E-state index >= 15 is 0 Å². The van der Waals surface area contributed by atoms with E-state index in [0.717, 1.165) is 30.3 Å². The van der Waals surface area contributed by atoms with E-state index in [9.17, 15) is 4.79 Å². The van der Waals surface area contributed by atoms with Crippen LogP contribution in [0.1, 0.15) is 42.6 Å². The van der Waals surface area contributed by atoms with Crippen LogP contribution in [0.4, 0.5) is 0 Å². The molecule has 1 aromatic heterocycles. The van der Waals surface area contributed by atoms with Crippen molar-refractivity contribution in [2.45, 2.75) is 38.6 Å². The van der Waals surface area contributed by atoms with Crippen LogP contribution in [0.5, 0.6) is 0 Å². The molecule has 0 atom stereocenters. The van der Waals surface area contributed by atoms with Crippen LogP contribution in [0.2, 0.25) is 0 Å². The Morgan fingerprint density at radius 3 is 2.89 bits per heavy atom. The summed E-state index contributed by atoms with van der Waals surface area (Å²) in [4.78, 5) is 11.2. The SMILES string of the molecule is O=Cc1cc2ccccc2n1CCC1=CCCCC1. The molecular formula is C17H19NO. The molecule has 0 bridgehead atoms. The maximum absolute atomic E-state index is 11.2. The molecule has 0 N–H and O–H groups in total. The van der Waals surface area contributed by atoms with Crippen molar-refractivity contribution in [1.82, 2.24) is 4.57 Å². The third-order valence-corrected chi connectivity index (χ3v) is 4.00. The van der Waals surface area contributed by atoms with Gasteiger partial charge in [0.1, 0.15) is 0 Å². The first kappa shape index (κ1) is 12.2. The third kappa shape index (κ3) is 2.48. The Kier molecular flexibility index (Phi) is 3.49. The van der Waals surface area contributed by atoms with Gasteiger partial charge in [-0.2, -0.15) is 0 Å². The fourth-order valence-electron chi connectivity index (χ4n) is 2.97. The zero-order valence-electron chi connectivity index (χ0n) is 11.1. The van der Waals surface area contributed by atoms with Gasteiger partial charge in [-0.15, -0.1) is 0 Å². The number of aromatic nitrogens is 1. The molecule has 0 saturated heterocycles. The predicted octanol–water partition coefficient (Wildman–Crippen LogP) is 4.34. The van der Waals surface area contributed by atoms with Crippen molar-refractivity contribution in [1.29, 1.82) is 0 Å². The second kappa shape index (κ2) is 5.43. The van der Waals surface area contributed by atoms with Gasteiger partial charge in [0.15, 0.2) is 6.29 Å². The number of allylic oxidation sites excluding steroid dienone is 2. The van der Waals surface area contributed by atoms with Gasteiger partial charge in [0.2, 0.25) is 0 Å². The van der Waals surface area contributed by atoms with Crippen LogP contribution in [0, 0.1) is 0 Å². The second-order valence-electron chi connectivity index (χ2n) is 5.26. The zero-order chi connectivity index (χ0) is 13.1. The normalized spacial score (nSPS) is 15.5. The van der Waals surface area contributed by atoms with Gasteiger partial charge in [0.05, 0.1) is 5.69 Å². The van der Waals surface area contributed by atoms with Crippen LogP contribution in [-0.4, -0.2) is 10.9 Å². The van der Waals surface area contributed by atoms with Gasteiger partial charge in [0, 0.05) is 17.4 Å². The monoisotopic (exact) mass is 253 g/mol. The van der Waals surface area contributed by atoms with E-state index in [4.69, 9.17) is 0 Å². The minimum atomic E-state index is 0.789. The summed E-state index contributed by atoms with van der Waals surface area (Å²) in [6.45, 7) is 0.910. The van der Waals surface area contributed by atoms with E-state index in [1.165, 1.54) is 31.2 Å². The van der Waals surface area contributed by atoms with Crippen LogP contribution in [0.25, 0.3) is 10.9 Å². The molecule has 0 spiro atoms. The Bertz CT molecular complexity index is 621. The average molecular weight is 253 g/mol. The average Bonchev–Trinajstić information content (AvgIpc) is 2.84. The van der Waals surface area contributed by atoms with Gasteiger partial charge in [0.25, 0.3) is 0 Å². The summed E-state index contributed by atoms with van der Waals surface area (Å²) in [6.07, 6.45) is 9.52. The molecule has 2 heteroatoms. The molecule has 0 radical (unpaired) electrons. The van der Waals surface area contributed by atoms with Crippen molar-refractivity contribution in [2.24, 2.45) is 0 Å². The van der Waals surface area contributed by atoms with E-state index in [1.807, 2.05) is 18.2 Å². The van der Waals surface area contributed by atoms with Crippen molar-refractivity contribution < 1.29 is 4.79 Å². The highest BCUT2D eigenvalue weighted by Gasteiger charge is 2.09. The van der Waals surface area contributed by atoms with Gasteiger partial charge in [-0.3, -0.25) is 4.79 Å². The van der Waals surface area contributed by atoms with Crippen LogP contribution >= 0.6 is 0 Å². The molecule has 0 amide bonds. The number of aldehydes is 1. The Balaban J connectivity index is 1.86. The number of aryl methyl sites for hydroxylation is 1. The smallest absolute Gasteiger partial charge is 0.166 e. The van der Waals surface area contributed by atoms with Crippen LogP contribution < -0.4 is 0 Å². The minimum Gasteiger partial charge on any atom is -0.338 e. The summed E-state index contributed by atoms with van der Waals surface area (Å²) in [7, 11) is 0. The Labute approximate surface area is 113 Å². The highest BCUT2D eigenvalue weighted by atomic mass is 16.1. The lowest BCUT2D eigenvalue weighted by molar-refractivity contribution is 0.111. The number of hydrogen-bond donors (Lipinski definition) is 0. The minimum absolute atomic E-state index is 0.789. The fourth-order valence-corrected chi connectivity index (χ4v) is 2.97. The topological polar surface area (TPSA) is 22.0 Å². The van der Waals surface area contributed by atoms with Gasteiger partial charge < -0.3 is 4.57 Å². The molecule has 19 heavy (non-hydrogen) atoms. The van der Waals surface area contributed by atoms with Gasteiger partial charge in [-0.25, -0.2) is 0 Å². The molecule has 1 aliphatic carbocycles. The number of para-hydroxylation sites is 1. The molecule has 3 rings (SSSR count). The van der Waals surface area contributed by atoms with E-state index in [1.54, 1.807) is 5.57 Å². The molecule has 1 heterocycles. The Morgan fingerprint density at radius 2 is 2.11 bits per heavy atom. The maximum atomic E-state index is 11.2. The first-order chi connectivity index (χ1) is 9.38. The van der Waals surface area contributed by atoms with Crippen LogP contribution in [-0.2, 0) is 6.54 Å². The molecule has 1 aliphatic rings. The largest absolute Gasteiger partial charge is 0.338 e. The summed E-state index contributed by atoms with van der Waals surface area (Å²) < 4.78 is 2.15. The lowest BCUT2D eigenvalue weighted by atomic mass is 9.97. The molecule has 0 unspecified atom stereocenters. The maximum Gasteiger partial charge on any atom is 0.166 e. The molecule has 0 fully saturated rings. The fraction of sp³-hybridized carbons (Fsp3) is 0.353. The first-order valence-electron chi connectivity index (χ1n) is 7.10. The number of hydrogen-bond acceptors (Lipinski definition) is 1. The van der Waals surface area contributed by atoms with Gasteiger partial charge in [-0.05, 0) is 44.2 Å². The summed E-state index contributed by atoms with van der Waals surface area (Å²) in [5, 5.41) is 1.15. The summed E-state index contributed by atoms with van der Waals surface area (Å²) >= 11 is 0. The van der Waals surface area contributed by atoms with Crippen LogP contribution in [0.3, 0.4) is 0 Å². The molecule has 0 aliphatic heterocycles. The quantitative estimate of drug-likeness (QED) is 0.586. The summed E-state index contributed by atoms with van der Waals surface area (Å²) in [5.41, 5.74) is 3.51. The number of benzene rings is 1. The van der Waals surface area contributed by atoms with E-state index in [-0.39, 0.29) is 0 Å². The third-order valence-electron chi connectivity index (χ3n) is 4.00. The van der Waals surface area contributed by atoms with Crippen molar-refractivity contribution in [3.8, 4) is 0 Å². The standard InChI is InChI=1S/C17H19NO/c19-13-16-12-15-8-4-5-9-17(15)18(16)11-10-14-6-2-1-3-7-14/h4-6,8-9,12-13H,1-3,7,10-11H2. The number of carbonyl (C=O) groups is 1. The molecule has 2 aromatic rings. The lowest BCUT2D eigenvalue weighted by Crippen LogP contribution is -2.04. The van der Waals surface area contributed by atoms with Crippen molar-refractivity contribution >= 4 is 17.2 Å². The molecular weight excluding hydrogens is 234 g/mol. The zero-order valence-corrected chi connectivity index (χ0v) is 11.1. The first-order valence-corrected chi connectivity index (χ1v) is 7.10.